The summed E-state index contributed by atoms with van der Waals surface area (Å²) in [6.07, 6.45) is 21.9. The molecule has 0 bridgehead atoms. The van der Waals surface area contributed by atoms with Gasteiger partial charge in [-0.25, -0.2) is 0 Å². The molecule has 1 amide bonds. The first-order valence-electron chi connectivity index (χ1n) is 8.70. The third kappa shape index (κ3) is 17.2. The van der Waals surface area contributed by atoms with Crippen molar-refractivity contribution >= 4 is 5.91 Å². The fourth-order valence-electron chi connectivity index (χ4n) is 2.37. The summed E-state index contributed by atoms with van der Waals surface area (Å²) in [6, 6.07) is 0. The predicted octanol–water partition coefficient (Wildman–Crippen LogP) is 5.76. The van der Waals surface area contributed by atoms with E-state index in [1.165, 1.54) is 70.6 Å². The standard InChI is InChI=1S/C18H35NO.H2/c1-2-3-4-5-6-7-8-9-10-11-12-13-14-15-16-17-18(19)20;/h9-10H,2-8,11-17H2,1H3,(H2,19,20);1H/b10-9-;. The summed E-state index contributed by atoms with van der Waals surface area (Å²) in [5.41, 5.74) is 5.10. The highest BCUT2D eigenvalue weighted by Crippen LogP contribution is 2.09. The molecule has 120 valence electrons. The third-order valence-corrected chi connectivity index (χ3v) is 3.68. The summed E-state index contributed by atoms with van der Waals surface area (Å²) < 4.78 is 0. The lowest BCUT2D eigenvalue weighted by Gasteiger charge is -1.99. The third-order valence-electron chi connectivity index (χ3n) is 3.68. The molecule has 0 spiro atoms. The van der Waals surface area contributed by atoms with Gasteiger partial charge in [-0.2, -0.15) is 0 Å². The summed E-state index contributed by atoms with van der Waals surface area (Å²) in [5.74, 6) is -0.164. The van der Waals surface area contributed by atoms with E-state index in [1.807, 2.05) is 0 Å². The maximum Gasteiger partial charge on any atom is 0.217 e. The lowest BCUT2D eigenvalue weighted by Crippen LogP contribution is -2.09. The largest absolute Gasteiger partial charge is 0.370 e. The van der Waals surface area contributed by atoms with Crippen LogP contribution in [0.25, 0.3) is 0 Å². The SMILES string of the molecule is CCCCCCCC/C=C\CCCCCCCC(N)=O.[HH]. The molecule has 2 N–H and O–H groups in total. The Bertz CT molecular complexity index is 241. The minimum absolute atomic E-state index is 0. The van der Waals surface area contributed by atoms with Crippen LogP contribution in [0.1, 0.15) is 98.2 Å². The van der Waals surface area contributed by atoms with Gasteiger partial charge < -0.3 is 5.73 Å². The summed E-state index contributed by atoms with van der Waals surface area (Å²) >= 11 is 0. The van der Waals surface area contributed by atoms with Gasteiger partial charge in [0.1, 0.15) is 0 Å². The van der Waals surface area contributed by atoms with Gasteiger partial charge in [-0.15, -0.1) is 0 Å². The van der Waals surface area contributed by atoms with Gasteiger partial charge in [0.25, 0.3) is 0 Å². The summed E-state index contributed by atoms with van der Waals surface area (Å²) in [5, 5.41) is 0. The molecule has 2 nitrogen and oxygen atoms in total. The predicted molar refractivity (Wildman–Crippen MR) is 90.8 cm³/mol. The molecular weight excluding hydrogens is 246 g/mol. The second kappa shape index (κ2) is 16.3. The quantitative estimate of drug-likeness (QED) is 0.301. The van der Waals surface area contributed by atoms with E-state index in [1.54, 1.807) is 0 Å². The van der Waals surface area contributed by atoms with Crippen molar-refractivity contribution in [2.24, 2.45) is 5.73 Å². The van der Waals surface area contributed by atoms with Crippen LogP contribution in [0.5, 0.6) is 0 Å². The monoisotopic (exact) mass is 283 g/mol. The minimum Gasteiger partial charge on any atom is -0.370 e. The Balaban J connectivity index is 0. The molecule has 0 aliphatic rings. The summed E-state index contributed by atoms with van der Waals surface area (Å²) in [7, 11) is 0. The Labute approximate surface area is 127 Å². The number of primary amides is 1. The van der Waals surface area contributed by atoms with E-state index in [-0.39, 0.29) is 7.33 Å². The van der Waals surface area contributed by atoms with Crippen LogP contribution in [0.2, 0.25) is 0 Å². The first kappa shape index (κ1) is 19.2. The molecule has 0 heterocycles. The molecule has 0 aliphatic heterocycles. The molecule has 2 heteroatoms. The van der Waals surface area contributed by atoms with Gasteiger partial charge in [0, 0.05) is 7.85 Å². The van der Waals surface area contributed by atoms with Gasteiger partial charge in [0.2, 0.25) is 5.91 Å². The highest BCUT2D eigenvalue weighted by atomic mass is 16.1. The molecule has 0 unspecified atom stereocenters. The molecule has 0 fully saturated rings. The number of nitrogens with two attached hydrogens (primary N) is 1. The highest BCUT2D eigenvalue weighted by Gasteiger charge is 1.94. The minimum atomic E-state index is -0.164. The molecule has 0 rings (SSSR count). The number of hydrogen-bond acceptors (Lipinski definition) is 1. The smallest absolute Gasteiger partial charge is 0.217 e. The lowest BCUT2D eigenvalue weighted by atomic mass is 10.1. The van der Waals surface area contributed by atoms with Crippen molar-refractivity contribution in [3.63, 3.8) is 0 Å². The maximum absolute atomic E-state index is 10.5. The summed E-state index contributed by atoms with van der Waals surface area (Å²) in [4.78, 5) is 10.5. The molecule has 0 aliphatic carbocycles. The van der Waals surface area contributed by atoms with Crippen molar-refractivity contribution in [3.8, 4) is 0 Å². The zero-order chi connectivity index (χ0) is 14.9. The normalized spacial score (nSPS) is 11.2. The number of carbonyl (C=O) groups excluding carboxylic acids is 1. The van der Waals surface area contributed by atoms with Crippen LogP contribution in [0.4, 0.5) is 0 Å². The highest BCUT2D eigenvalue weighted by molar-refractivity contribution is 5.73. The van der Waals surface area contributed by atoms with Gasteiger partial charge in [-0.05, 0) is 32.1 Å². The zero-order valence-corrected chi connectivity index (χ0v) is 13.5. The number of hydrogen-bond donors (Lipinski definition) is 1. The number of amides is 1. The van der Waals surface area contributed by atoms with Gasteiger partial charge >= 0.3 is 0 Å². The van der Waals surface area contributed by atoms with Crippen LogP contribution in [0.15, 0.2) is 12.2 Å². The van der Waals surface area contributed by atoms with E-state index < -0.39 is 0 Å². The fourth-order valence-corrected chi connectivity index (χ4v) is 2.37. The van der Waals surface area contributed by atoms with Crippen LogP contribution < -0.4 is 5.73 Å². The van der Waals surface area contributed by atoms with E-state index in [4.69, 9.17) is 5.73 Å². The second-order valence-corrected chi connectivity index (χ2v) is 5.80. The molecule has 0 radical (unpaired) electrons. The number of allylic oxidation sites excluding steroid dienone is 2. The molecule has 0 aromatic rings. The van der Waals surface area contributed by atoms with Gasteiger partial charge in [-0.3, -0.25) is 4.79 Å². The molecule has 0 atom stereocenters. The number of carbonyl (C=O) groups is 1. The Kier molecular flexibility index (Phi) is 15.6. The molecule has 20 heavy (non-hydrogen) atoms. The fraction of sp³-hybridized carbons (Fsp3) is 0.833. The van der Waals surface area contributed by atoms with Crippen molar-refractivity contribution in [3.05, 3.63) is 12.2 Å². The van der Waals surface area contributed by atoms with E-state index in [0.29, 0.717) is 6.42 Å². The van der Waals surface area contributed by atoms with Gasteiger partial charge in [-0.1, -0.05) is 70.4 Å². The Hall–Kier alpha value is -0.790. The lowest BCUT2D eigenvalue weighted by molar-refractivity contribution is -0.118. The maximum atomic E-state index is 10.5. The van der Waals surface area contributed by atoms with E-state index in [0.717, 1.165) is 12.8 Å². The van der Waals surface area contributed by atoms with E-state index in [2.05, 4.69) is 19.1 Å². The second-order valence-electron chi connectivity index (χ2n) is 5.80. The molecule has 0 aromatic carbocycles. The molecular formula is C18H37NO. The first-order valence-corrected chi connectivity index (χ1v) is 8.70. The number of unbranched alkanes of at least 4 members (excludes halogenated alkanes) is 11. The van der Waals surface area contributed by atoms with Crippen molar-refractivity contribution < 1.29 is 6.22 Å². The Morgan fingerprint density at radius 1 is 0.800 bits per heavy atom. The Morgan fingerprint density at radius 3 is 1.75 bits per heavy atom. The van der Waals surface area contributed by atoms with Crippen molar-refractivity contribution in [2.45, 2.75) is 96.8 Å². The van der Waals surface area contributed by atoms with Gasteiger partial charge in [0.05, 0.1) is 0 Å². The number of rotatable bonds is 15. The summed E-state index contributed by atoms with van der Waals surface area (Å²) in [6.45, 7) is 2.26. The van der Waals surface area contributed by atoms with Crippen LogP contribution >= 0.6 is 0 Å². The topological polar surface area (TPSA) is 43.1 Å². The first-order chi connectivity index (χ1) is 9.77. The van der Waals surface area contributed by atoms with Crippen LogP contribution in [0.3, 0.4) is 0 Å². The Morgan fingerprint density at radius 2 is 1.25 bits per heavy atom. The van der Waals surface area contributed by atoms with Crippen LogP contribution in [0, 0.1) is 0 Å². The average Bonchev–Trinajstić information content (AvgIpc) is 2.43. The molecule has 0 saturated heterocycles. The van der Waals surface area contributed by atoms with Crippen LogP contribution in [-0.4, -0.2) is 5.91 Å². The zero-order valence-electron chi connectivity index (χ0n) is 13.5. The van der Waals surface area contributed by atoms with Gasteiger partial charge in [0.15, 0.2) is 0 Å². The van der Waals surface area contributed by atoms with E-state index in [9.17, 15) is 4.79 Å². The van der Waals surface area contributed by atoms with Crippen molar-refractivity contribution in [1.82, 2.24) is 0 Å². The van der Waals surface area contributed by atoms with Crippen molar-refractivity contribution in [2.75, 3.05) is 0 Å². The van der Waals surface area contributed by atoms with E-state index >= 15 is 0 Å². The van der Waals surface area contributed by atoms with Crippen molar-refractivity contribution in [1.29, 1.82) is 0 Å². The van der Waals surface area contributed by atoms with Crippen LogP contribution in [-0.2, 0) is 4.79 Å². The average molecular weight is 283 g/mol. The molecule has 0 saturated carbocycles. The molecule has 0 aromatic heterocycles.